The predicted octanol–water partition coefficient (Wildman–Crippen LogP) is 4.89. The smallest absolute Gasteiger partial charge is 0.164 e. The maximum atomic E-state index is 14.6. The monoisotopic (exact) mass is 281 g/mol. The van der Waals surface area contributed by atoms with Gasteiger partial charge in [0.05, 0.1) is 0 Å². The third-order valence-electron chi connectivity index (χ3n) is 5.52. The van der Waals surface area contributed by atoms with Crippen molar-refractivity contribution < 1.29 is 8.78 Å². The number of likely N-dealkylation sites (N-methyl/N-ethyl adjacent to an activating group) is 1. The lowest BCUT2D eigenvalue weighted by molar-refractivity contribution is 0.154. The van der Waals surface area contributed by atoms with Crippen molar-refractivity contribution in [1.29, 1.82) is 0 Å². The molecular weight excluding hydrogens is 256 g/mol. The first-order chi connectivity index (χ1) is 9.34. The van der Waals surface area contributed by atoms with Gasteiger partial charge in [0.15, 0.2) is 11.6 Å². The van der Waals surface area contributed by atoms with Crippen LogP contribution in [0.2, 0.25) is 0 Å². The molecule has 0 bridgehead atoms. The molecule has 1 aliphatic heterocycles. The van der Waals surface area contributed by atoms with Gasteiger partial charge >= 0.3 is 0 Å². The minimum Gasteiger partial charge on any atom is -0.371 e. The number of hydrogen-bond donors (Lipinski definition) is 0. The van der Waals surface area contributed by atoms with Crippen LogP contribution in [0.25, 0.3) is 0 Å². The van der Waals surface area contributed by atoms with E-state index in [0.29, 0.717) is 5.56 Å². The molecule has 1 heterocycles. The van der Waals surface area contributed by atoms with E-state index in [1.165, 1.54) is 6.07 Å². The average molecular weight is 281 g/mol. The zero-order valence-electron chi connectivity index (χ0n) is 13.2. The van der Waals surface area contributed by atoms with E-state index in [4.69, 9.17) is 0 Å². The highest BCUT2D eigenvalue weighted by Gasteiger charge is 2.52. The molecule has 0 fully saturated rings. The molecule has 0 saturated carbocycles. The van der Waals surface area contributed by atoms with Crippen molar-refractivity contribution in [2.75, 3.05) is 18.0 Å². The molecule has 3 heteroatoms. The van der Waals surface area contributed by atoms with Gasteiger partial charge in [0.25, 0.3) is 0 Å². The largest absolute Gasteiger partial charge is 0.371 e. The minimum absolute atomic E-state index is 0.0744. The Morgan fingerprint density at radius 1 is 1.20 bits per heavy atom. The normalized spacial score (nSPS) is 22.2. The Hall–Kier alpha value is -1.12. The van der Waals surface area contributed by atoms with Crippen LogP contribution in [0.5, 0.6) is 0 Å². The number of hydrogen-bond acceptors (Lipinski definition) is 1. The Labute approximate surface area is 121 Å². The van der Waals surface area contributed by atoms with E-state index in [9.17, 15) is 8.78 Å². The molecule has 1 aliphatic rings. The molecule has 0 spiro atoms. The van der Waals surface area contributed by atoms with Gasteiger partial charge in [-0.3, -0.25) is 0 Å². The molecule has 20 heavy (non-hydrogen) atoms. The summed E-state index contributed by atoms with van der Waals surface area (Å²) in [5.41, 5.74) is 1.07. The third-order valence-corrected chi connectivity index (χ3v) is 5.52. The van der Waals surface area contributed by atoms with E-state index < -0.39 is 11.6 Å². The average Bonchev–Trinajstić information content (AvgIpc) is 2.79. The van der Waals surface area contributed by atoms with Gasteiger partial charge in [-0.1, -0.05) is 34.1 Å². The predicted molar refractivity (Wildman–Crippen MR) is 80.3 cm³/mol. The second-order valence-electron chi connectivity index (χ2n) is 6.44. The summed E-state index contributed by atoms with van der Waals surface area (Å²) in [4.78, 5) is 2.18. The molecule has 0 N–H and O–H groups in total. The lowest BCUT2D eigenvalue weighted by Crippen LogP contribution is -2.45. The molecule has 112 valence electrons. The molecule has 1 aromatic carbocycles. The Bertz CT molecular complexity index is 510. The Kier molecular flexibility index (Phi) is 3.83. The van der Waals surface area contributed by atoms with E-state index in [1.54, 1.807) is 6.07 Å². The summed E-state index contributed by atoms with van der Waals surface area (Å²) in [6.45, 7) is 12.2. The summed E-state index contributed by atoms with van der Waals surface area (Å²) in [6.07, 6.45) is 1.76. The van der Waals surface area contributed by atoms with Crippen molar-refractivity contribution >= 4 is 5.69 Å². The lowest BCUT2D eigenvalue weighted by Gasteiger charge is -2.44. The molecule has 0 radical (unpaired) electrons. The molecule has 2 rings (SSSR count). The van der Waals surface area contributed by atoms with Crippen molar-refractivity contribution in [3.63, 3.8) is 0 Å². The molecule has 1 aromatic rings. The first kappa shape index (κ1) is 15.3. The van der Waals surface area contributed by atoms with Crippen LogP contribution < -0.4 is 4.90 Å². The fourth-order valence-electron chi connectivity index (χ4n) is 3.69. The highest BCUT2D eigenvalue weighted by atomic mass is 19.2. The van der Waals surface area contributed by atoms with E-state index >= 15 is 0 Å². The summed E-state index contributed by atoms with van der Waals surface area (Å²) in [6, 6.07) is 2.99. The number of anilines is 1. The van der Waals surface area contributed by atoms with E-state index in [2.05, 4.69) is 39.5 Å². The summed E-state index contributed by atoms with van der Waals surface area (Å²) in [5.74, 6) is -1.38. The van der Waals surface area contributed by atoms with Crippen LogP contribution >= 0.6 is 0 Å². The van der Waals surface area contributed by atoms with Crippen LogP contribution in [0, 0.1) is 17.0 Å². The Morgan fingerprint density at radius 3 is 2.35 bits per heavy atom. The highest BCUT2D eigenvalue weighted by Crippen LogP contribution is 2.55. The van der Waals surface area contributed by atoms with Crippen LogP contribution in [0.1, 0.15) is 53.0 Å². The van der Waals surface area contributed by atoms with E-state index in [0.717, 1.165) is 31.6 Å². The van der Waals surface area contributed by atoms with Gasteiger partial charge < -0.3 is 4.90 Å². The second-order valence-corrected chi connectivity index (χ2v) is 6.44. The zero-order valence-corrected chi connectivity index (χ0v) is 13.2. The molecule has 0 aliphatic carbocycles. The van der Waals surface area contributed by atoms with Crippen LogP contribution in [-0.2, 0) is 5.41 Å². The zero-order chi connectivity index (χ0) is 15.1. The lowest BCUT2D eigenvalue weighted by atomic mass is 9.60. The van der Waals surface area contributed by atoms with Gasteiger partial charge in [-0.15, -0.1) is 0 Å². The SMILES string of the molecule is CCN1CC(CC)(C(C)(C)CC)c2c1ccc(F)c2F. The molecule has 1 nitrogen and oxygen atoms in total. The van der Waals surface area contributed by atoms with Gasteiger partial charge in [-0.25, -0.2) is 8.78 Å². The number of halogens is 2. The van der Waals surface area contributed by atoms with Crippen LogP contribution in [0.4, 0.5) is 14.5 Å². The standard InChI is InChI=1S/C17H25F2N/c1-6-16(4,5)17(7-2)11-20(8-3)13-10-9-12(18)15(19)14(13)17/h9-10H,6-8,11H2,1-5H3. The topological polar surface area (TPSA) is 3.24 Å². The summed E-state index contributed by atoms with van der Waals surface area (Å²) >= 11 is 0. The molecule has 0 amide bonds. The highest BCUT2D eigenvalue weighted by molar-refractivity contribution is 5.64. The molecule has 0 aromatic heterocycles. The Balaban J connectivity index is 2.74. The van der Waals surface area contributed by atoms with Crippen molar-refractivity contribution in [2.24, 2.45) is 5.41 Å². The van der Waals surface area contributed by atoms with Gasteiger partial charge in [0.2, 0.25) is 0 Å². The molecule has 1 atom stereocenters. The van der Waals surface area contributed by atoms with Gasteiger partial charge in [-0.2, -0.15) is 0 Å². The first-order valence-electron chi connectivity index (χ1n) is 7.58. The van der Waals surface area contributed by atoms with Crippen molar-refractivity contribution in [2.45, 2.75) is 52.9 Å². The van der Waals surface area contributed by atoms with Crippen LogP contribution in [0.15, 0.2) is 12.1 Å². The maximum Gasteiger partial charge on any atom is 0.164 e. The van der Waals surface area contributed by atoms with E-state index in [-0.39, 0.29) is 10.8 Å². The maximum absolute atomic E-state index is 14.6. The van der Waals surface area contributed by atoms with E-state index in [1.807, 2.05) is 0 Å². The van der Waals surface area contributed by atoms with Gasteiger partial charge in [0.1, 0.15) is 0 Å². The van der Waals surface area contributed by atoms with Crippen molar-refractivity contribution in [1.82, 2.24) is 0 Å². The number of benzene rings is 1. The number of rotatable bonds is 4. The fraction of sp³-hybridized carbons (Fsp3) is 0.647. The van der Waals surface area contributed by atoms with Gasteiger partial charge in [0, 0.05) is 29.8 Å². The Morgan fingerprint density at radius 2 is 1.85 bits per heavy atom. The summed E-state index contributed by atoms with van der Waals surface area (Å²) in [7, 11) is 0. The quantitative estimate of drug-likeness (QED) is 0.759. The summed E-state index contributed by atoms with van der Waals surface area (Å²) < 4.78 is 28.3. The number of fused-ring (bicyclic) bond motifs is 1. The second kappa shape index (κ2) is 5.01. The van der Waals surface area contributed by atoms with Crippen LogP contribution in [-0.4, -0.2) is 13.1 Å². The first-order valence-corrected chi connectivity index (χ1v) is 7.58. The van der Waals surface area contributed by atoms with Crippen LogP contribution in [0.3, 0.4) is 0 Å². The van der Waals surface area contributed by atoms with Gasteiger partial charge in [-0.05, 0) is 30.9 Å². The minimum atomic E-state index is -0.730. The molecular formula is C17H25F2N. The molecule has 1 unspecified atom stereocenters. The fourth-order valence-corrected chi connectivity index (χ4v) is 3.69. The molecule has 0 saturated heterocycles. The summed E-state index contributed by atoms with van der Waals surface area (Å²) in [5, 5.41) is 0. The van der Waals surface area contributed by atoms with Crippen molar-refractivity contribution in [3.05, 3.63) is 29.3 Å². The van der Waals surface area contributed by atoms with Crippen molar-refractivity contribution in [3.8, 4) is 0 Å². The number of nitrogens with zero attached hydrogens (tertiary/aromatic N) is 1. The third kappa shape index (κ3) is 1.86.